The Kier molecular flexibility index (Phi) is 9.47. The van der Waals surface area contributed by atoms with Crippen molar-refractivity contribution in [1.82, 2.24) is 20.5 Å². The molecule has 2 fully saturated rings. The van der Waals surface area contributed by atoms with Crippen LogP contribution in [0.25, 0.3) is 0 Å². The molecule has 184 valence electrons. The number of hydrogen-bond donors (Lipinski definition) is 4. The van der Waals surface area contributed by atoms with Crippen LogP contribution >= 0.6 is 11.8 Å². The summed E-state index contributed by atoms with van der Waals surface area (Å²) in [6.45, 7) is 0.568. The van der Waals surface area contributed by atoms with E-state index in [0.717, 1.165) is 25.7 Å². The number of hydrogen-bond acceptors (Lipinski definition) is 10. The molecule has 3 rings (SSSR count). The molecular formula is C20H31FN6O5S. The number of carbonyl (C=O) groups excluding carboxylic acids is 2. The summed E-state index contributed by atoms with van der Waals surface area (Å²) < 4.78 is 20.7. The number of hydroxylamine groups is 2. The highest BCUT2D eigenvalue weighted by molar-refractivity contribution is 7.98. The van der Waals surface area contributed by atoms with Crippen molar-refractivity contribution in [3.8, 4) is 0 Å². The largest absolute Gasteiger partial charge is 0.394 e. The first-order valence-corrected chi connectivity index (χ1v) is 12.2. The van der Waals surface area contributed by atoms with Gasteiger partial charge in [-0.15, -0.1) is 0 Å². The van der Waals surface area contributed by atoms with E-state index in [4.69, 9.17) is 4.74 Å². The van der Waals surface area contributed by atoms with Crippen LogP contribution in [0.5, 0.6) is 0 Å². The minimum absolute atomic E-state index is 0.0124. The van der Waals surface area contributed by atoms with Gasteiger partial charge in [0.25, 0.3) is 0 Å². The summed E-state index contributed by atoms with van der Waals surface area (Å²) in [4.78, 5) is 33.7. The van der Waals surface area contributed by atoms with Crippen molar-refractivity contribution in [2.24, 2.45) is 11.8 Å². The molecule has 13 heteroatoms. The van der Waals surface area contributed by atoms with Crippen molar-refractivity contribution in [2.75, 3.05) is 49.5 Å². The van der Waals surface area contributed by atoms with E-state index < -0.39 is 23.7 Å². The second-order valence-electron chi connectivity index (χ2n) is 8.23. The summed E-state index contributed by atoms with van der Waals surface area (Å²) in [6.07, 6.45) is 6.69. The van der Waals surface area contributed by atoms with E-state index in [1.165, 1.54) is 11.8 Å². The molecule has 2 aliphatic rings. The standard InChI is InChI=1S/C20H31FN6O5S/c1-33-20-22-17(16(21)18(23-20)27-6-7-32-11-15(27)10-28)24-25-19(30)14(9-26(31)12-29)8-13-4-2-3-5-13/h12-15,28,31H,2-11H2,1H3,(H,25,30)(H,22,23,24)/t14-,15+/m1/s1. The third kappa shape index (κ3) is 6.65. The number of nitrogens with one attached hydrogen (secondary N) is 2. The zero-order chi connectivity index (χ0) is 23.8. The van der Waals surface area contributed by atoms with Crippen molar-refractivity contribution in [3.63, 3.8) is 0 Å². The minimum Gasteiger partial charge on any atom is -0.394 e. The van der Waals surface area contributed by atoms with Gasteiger partial charge in [-0.3, -0.25) is 25.6 Å². The summed E-state index contributed by atoms with van der Waals surface area (Å²) in [5, 5.41) is 20.0. The summed E-state index contributed by atoms with van der Waals surface area (Å²) in [5.41, 5.74) is 5.02. The molecule has 11 nitrogen and oxygen atoms in total. The summed E-state index contributed by atoms with van der Waals surface area (Å²) in [6, 6.07) is -0.449. The average molecular weight is 487 g/mol. The molecule has 33 heavy (non-hydrogen) atoms. The normalized spacial score (nSPS) is 19.9. The van der Waals surface area contributed by atoms with E-state index in [-0.39, 0.29) is 43.0 Å². The van der Waals surface area contributed by atoms with Crippen LogP contribution in [0.3, 0.4) is 0 Å². The Bertz CT molecular complexity index is 815. The number of morpholine rings is 1. The highest BCUT2D eigenvalue weighted by Crippen LogP contribution is 2.31. The maximum Gasteiger partial charge on any atom is 0.243 e. The fourth-order valence-corrected chi connectivity index (χ4v) is 4.63. The van der Waals surface area contributed by atoms with Gasteiger partial charge in [0.2, 0.25) is 18.1 Å². The SMILES string of the molecule is CSc1nc(NNC(=O)[C@H](CC2CCCC2)CN(O)C=O)c(F)c(N2CCOC[C@@H]2CO)n1. The van der Waals surface area contributed by atoms with Crippen LogP contribution in [-0.4, -0.2) is 82.9 Å². The van der Waals surface area contributed by atoms with Gasteiger partial charge in [0, 0.05) is 6.54 Å². The number of anilines is 2. The predicted molar refractivity (Wildman–Crippen MR) is 119 cm³/mol. The van der Waals surface area contributed by atoms with E-state index in [2.05, 4.69) is 20.8 Å². The second kappa shape index (κ2) is 12.3. The number of aliphatic hydroxyl groups is 1. The Balaban J connectivity index is 1.75. The molecule has 0 spiro atoms. The van der Waals surface area contributed by atoms with Crippen molar-refractivity contribution >= 4 is 35.7 Å². The maximum atomic E-state index is 15.3. The van der Waals surface area contributed by atoms with Gasteiger partial charge >= 0.3 is 0 Å². The molecule has 2 heterocycles. The lowest BCUT2D eigenvalue weighted by molar-refractivity contribution is -0.154. The Morgan fingerprint density at radius 2 is 2.18 bits per heavy atom. The molecule has 0 radical (unpaired) electrons. The fourth-order valence-electron chi connectivity index (χ4n) is 4.27. The molecule has 0 bridgehead atoms. The molecule has 2 amide bonds. The molecule has 1 aromatic heterocycles. The Hall–Kier alpha value is -2.22. The van der Waals surface area contributed by atoms with Crippen molar-refractivity contribution in [2.45, 2.75) is 43.3 Å². The van der Waals surface area contributed by atoms with Gasteiger partial charge in [-0.25, -0.2) is 15.0 Å². The van der Waals surface area contributed by atoms with Crippen LogP contribution in [0.15, 0.2) is 5.16 Å². The second-order valence-corrected chi connectivity index (χ2v) is 9.00. The zero-order valence-electron chi connectivity index (χ0n) is 18.6. The quantitative estimate of drug-likeness (QED) is 0.118. The van der Waals surface area contributed by atoms with Crippen molar-refractivity contribution in [1.29, 1.82) is 0 Å². The molecule has 0 unspecified atom stereocenters. The van der Waals surface area contributed by atoms with Crippen LogP contribution in [0.1, 0.15) is 32.1 Å². The molecule has 2 atom stereocenters. The maximum absolute atomic E-state index is 15.3. The van der Waals surface area contributed by atoms with Gasteiger partial charge < -0.3 is 14.7 Å². The number of ether oxygens (including phenoxy) is 1. The van der Waals surface area contributed by atoms with Crippen molar-refractivity contribution in [3.05, 3.63) is 5.82 Å². The van der Waals surface area contributed by atoms with E-state index >= 15 is 4.39 Å². The lowest BCUT2D eigenvalue weighted by Crippen LogP contribution is -2.48. The van der Waals surface area contributed by atoms with Crippen molar-refractivity contribution < 1.29 is 29.0 Å². The molecule has 1 aliphatic heterocycles. The number of halogens is 1. The van der Waals surface area contributed by atoms with Crippen LogP contribution in [0.4, 0.5) is 16.0 Å². The lowest BCUT2D eigenvalue weighted by atomic mass is 9.92. The van der Waals surface area contributed by atoms with E-state index in [0.29, 0.717) is 30.6 Å². The third-order valence-corrected chi connectivity index (χ3v) is 6.55. The molecule has 1 aromatic rings. The van der Waals surface area contributed by atoms with E-state index in [9.17, 15) is 19.9 Å². The van der Waals surface area contributed by atoms with E-state index in [1.54, 1.807) is 11.2 Å². The number of aliphatic hydroxyl groups excluding tert-OH is 1. The Morgan fingerprint density at radius 3 is 2.85 bits per heavy atom. The molecule has 1 saturated carbocycles. The number of rotatable bonds is 11. The monoisotopic (exact) mass is 486 g/mol. The number of thioether (sulfide) groups is 1. The van der Waals surface area contributed by atoms with Gasteiger partial charge in [-0.2, -0.15) is 4.39 Å². The number of aromatic nitrogens is 2. The number of amides is 2. The first-order chi connectivity index (χ1) is 16.0. The molecule has 4 N–H and O–H groups in total. The van der Waals surface area contributed by atoms with Gasteiger partial charge in [0.1, 0.15) is 0 Å². The van der Waals surface area contributed by atoms with Gasteiger partial charge in [-0.05, 0) is 18.6 Å². The fraction of sp³-hybridized carbons (Fsp3) is 0.700. The van der Waals surface area contributed by atoms with Crippen LogP contribution < -0.4 is 15.8 Å². The molecule has 1 saturated heterocycles. The van der Waals surface area contributed by atoms with Gasteiger partial charge in [-0.1, -0.05) is 37.4 Å². The van der Waals surface area contributed by atoms with Crippen LogP contribution in [-0.2, 0) is 14.3 Å². The smallest absolute Gasteiger partial charge is 0.243 e. The van der Waals surface area contributed by atoms with Gasteiger partial charge in [0.15, 0.2) is 16.8 Å². The number of hydrazine groups is 1. The van der Waals surface area contributed by atoms with Gasteiger partial charge in [0.05, 0.1) is 38.3 Å². The number of carbonyl (C=O) groups is 2. The first kappa shape index (κ1) is 25.4. The highest BCUT2D eigenvalue weighted by Gasteiger charge is 2.30. The highest BCUT2D eigenvalue weighted by atomic mass is 32.2. The molecule has 1 aliphatic carbocycles. The van der Waals surface area contributed by atoms with E-state index in [1.807, 2.05) is 0 Å². The third-order valence-electron chi connectivity index (χ3n) is 6.00. The lowest BCUT2D eigenvalue weighted by Gasteiger charge is -2.35. The minimum atomic E-state index is -0.766. The topological polar surface area (TPSA) is 140 Å². The first-order valence-electron chi connectivity index (χ1n) is 11.0. The van der Waals surface area contributed by atoms with Crippen LogP contribution in [0, 0.1) is 17.7 Å². The molecular weight excluding hydrogens is 455 g/mol. The zero-order valence-corrected chi connectivity index (χ0v) is 19.4. The van der Waals surface area contributed by atoms with Crippen LogP contribution in [0.2, 0.25) is 0 Å². The Morgan fingerprint density at radius 1 is 1.42 bits per heavy atom. The molecule has 0 aromatic carbocycles. The average Bonchev–Trinajstić information content (AvgIpc) is 3.35. The Labute approximate surface area is 196 Å². The summed E-state index contributed by atoms with van der Waals surface area (Å²) in [5.74, 6) is -1.78. The number of nitrogens with zero attached hydrogens (tertiary/aromatic N) is 4. The summed E-state index contributed by atoms with van der Waals surface area (Å²) in [7, 11) is 0. The predicted octanol–water partition coefficient (Wildman–Crippen LogP) is 1.02. The summed E-state index contributed by atoms with van der Waals surface area (Å²) >= 11 is 1.21.